The number of amides is 1. The van der Waals surface area contributed by atoms with Crippen molar-refractivity contribution in [3.05, 3.63) is 47.7 Å². The van der Waals surface area contributed by atoms with Crippen molar-refractivity contribution in [2.24, 2.45) is 11.1 Å². The predicted molar refractivity (Wildman–Crippen MR) is 128 cm³/mol. The minimum atomic E-state index is -3.69. The van der Waals surface area contributed by atoms with Crippen molar-refractivity contribution in [3.8, 4) is 0 Å². The van der Waals surface area contributed by atoms with Gasteiger partial charge in [0.1, 0.15) is 5.82 Å². The zero-order chi connectivity index (χ0) is 23.4. The second-order valence-electron chi connectivity index (χ2n) is 8.61. The lowest BCUT2D eigenvalue weighted by molar-refractivity contribution is -0.134. The van der Waals surface area contributed by atoms with Crippen molar-refractivity contribution in [1.82, 2.24) is 14.9 Å². The Morgan fingerprint density at radius 2 is 1.88 bits per heavy atom. The van der Waals surface area contributed by atoms with Gasteiger partial charge >= 0.3 is 0 Å². The Labute approximate surface area is 194 Å². The molecule has 10 heteroatoms. The zero-order valence-corrected chi connectivity index (χ0v) is 19.4. The summed E-state index contributed by atoms with van der Waals surface area (Å²) in [5.41, 5.74) is 8.76. The van der Waals surface area contributed by atoms with Crippen molar-refractivity contribution < 1.29 is 13.2 Å². The number of aromatic nitrogens is 2. The molecule has 0 saturated heterocycles. The summed E-state index contributed by atoms with van der Waals surface area (Å²) in [5, 5.41) is 8.39. The molecule has 2 heterocycles. The largest absolute Gasteiger partial charge is 0.370 e. The summed E-state index contributed by atoms with van der Waals surface area (Å²) in [6, 6.07) is 8.36. The maximum Gasteiger partial charge on any atom is 0.238 e. The van der Waals surface area contributed by atoms with Crippen molar-refractivity contribution in [3.63, 3.8) is 0 Å². The highest BCUT2D eigenvalue weighted by Gasteiger charge is 2.28. The number of rotatable bonds is 7. The van der Waals surface area contributed by atoms with Gasteiger partial charge in [0, 0.05) is 31.6 Å². The van der Waals surface area contributed by atoms with Crippen LogP contribution in [0.1, 0.15) is 43.4 Å². The van der Waals surface area contributed by atoms with Crippen LogP contribution in [0, 0.1) is 5.92 Å². The number of nitrogens with zero attached hydrogens (tertiary/aromatic N) is 3. The van der Waals surface area contributed by atoms with Crippen LogP contribution in [0.4, 0.5) is 11.8 Å². The number of nitrogen functional groups attached to an aromatic ring is 1. The van der Waals surface area contributed by atoms with E-state index < -0.39 is 10.0 Å². The molecule has 1 aromatic carbocycles. The topological polar surface area (TPSA) is 144 Å². The smallest absolute Gasteiger partial charge is 0.238 e. The maximum atomic E-state index is 12.7. The molecule has 0 radical (unpaired) electrons. The quantitative estimate of drug-likeness (QED) is 0.562. The van der Waals surface area contributed by atoms with E-state index in [1.165, 1.54) is 12.1 Å². The third-order valence-electron chi connectivity index (χ3n) is 6.27. The third kappa shape index (κ3) is 5.88. The Morgan fingerprint density at radius 3 is 2.52 bits per heavy atom. The van der Waals surface area contributed by atoms with Crippen LogP contribution in [-0.2, 0) is 21.2 Å². The van der Waals surface area contributed by atoms with E-state index in [0.717, 1.165) is 48.9 Å². The van der Waals surface area contributed by atoms with Crippen molar-refractivity contribution in [1.29, 1.82) is 0 Å². The fourth-order valence-electron chi connectivity index (χ4n) is 4.43. The van der Waals surface area contributed by atoms with Gasteiger partial charge in [0.25, 0.3) is 0 Å². The lowest BCUT2D eigenvalue weighted by atomic mass is 10.0. The van der Waals surface area contributed by atoms with E-state index in [1.807, 2.05) is 11.0 Å². The van der Waals surface area contributed by atoms with Crippen molar-refractivity contribution >= 4 is 33.3 Å². The second kappa shape index (κ2) is 9.88. The molecule has 176 valence electrons. The fourth-order valence-corrected chi connectivity index (χ4v) is 4.95. The predicted octanol–water partition coefficient (Wildman–Crippen LogP) is 2.17. The first-order valence-electron chi connectivity index (χ1n) is 11.3. The number of nitrogens with one attached hydrogen (secondary N) is 1. The van der Waals surface area contributed by atoms with Crippen LogP contribution < -0.4 is 16.2 Å². The van der Waals surface area contributed by atoms with Gasteiger partial charge in [0.05, 0.1) is 10.6 Å². The number of hydrogen-bond donors (Lipinski definition) is 3. The Kier molecular flexibility index (Phi) is 6.94. The zero-order valence-electron chi connectivity index (χ0n) is 18.5. The number of carbonyl (C=O) groups is 1. The highest BCUT2D eigenvalue weighted by molar-refractivity contribution is 7.89. The number of carbonyl (C=O) groups excluding carboxylic acids is 1. The minimum absolute atomic E-state index is 0.0942. The van der Waals surface area contributed by atoms with Gasteiger partial charge in [0.2, 0.25) is 21.9 Å². The Hall–Kier alpha value is -2.98. The Balaban J connectivity index is 1.35. The molecule has 1 fully saturated rings. The molecule has 5 N–H and O–H groups in total. The van der Waals surface area contributed by atoms with Gasteiger partial charge in [-0.05, 0) is 49.0 Å². The maximum absolute atomic E-state index is 12.7. The summed E-state index contributed by atoms with van der Waals surface area (Å²) in [6.07, 6.45) is 7.81. The average Bonchev–Trinajstić information content (AvgIpc) is 3.33. The van der Waals surface area contributed by atoms with Gasteiger partial charge in [-0.3, -0.25) is 4.79 Å². The van der Waals surface area contributed by atoms with E-state index >= 15 is 0 Å². The fraction of sp³-hybridized carbons (Fsp3) is 0.435. The summed E-state index contributed by atoms with van der Waals surface area (Å²) < 4.78 is 22.7. The van der Waals surface area contributed by atoms with Gasteiger partial charge < -0.3 is 16.0 Å². The van der Waals surface area contributed by atoms with E-state index in [9.17, 15) is 13.2 Å². The summed E-state index contributed by atoms with van der Waals surface area (Å²) >= 11 is 0. The van der Waals surface area contributed by atoms with Crippen LogP contribution in [0.25, 0.3) is 5.57 Å². The van der Waals surface area contributed by atoms with Gasteiger partial charge in [-0.15, -0.1) is 0 Å². The van der Waals surface area contributed by atoms with Gasteiger partial charge in [-0.1, -0.05) is 31.1 Å². The van der Waals surface area contributed by atoms with Gasteiger partial charge in [-0.2, -0.15) is 4.98 Å². The molecule has 1 aliphatic carbocycles. The van der Waals surface area contributed by atoms with Crippen LogP contribution in [0.5, 0.6) is 0 Å². The lowest BCUT2D eigenvalue weighted by Crippen LogP contribution is -2.38. The van der Waals surface area contributed by atoms with Crippen molar-refractivity contribution in [2.45, 2.75) is 43.4 Å². The number of anilines is 2. The van der Waals surface area contributed by atoms with Crippen LogP contribution in [0.15, 0.2) is 41.3 Å². The molecule has 2 aliphatic rings. The normalized spacial score (nSPS) is 17.1. The van der Waals surface area contributed by atoms with Crippen LogP contribution in [-0.4, -0.2) is 48.8 Å². The van der Waals surface area contributed by atoms with Gasteiger partial charge in [-0.25, -0.2) is 18.5 Å². The van der Waals surface area contributed by atoms with E-state index in [0.29, 0.717) is 31.9 Å². The summed E-state index contributed by atoms with van der Waals surface area (Å²) in [7, 11) is -3.69. The number of sulfonamides is 1. The SMILES string of the molecule is Nc1nc(NCCc2ccc(S(N)(=O)=O)cc2)cc(C2=CCN(C(=O)C3CCCC3)CC2)n1. The summed E-state index contributed by atoms with van der Waals surface area (Å²) in [5.74, 6) is 1.30. The first kappa shape index (κ1) is 23.2. The van der Waals surface area contributed by atoms with Gasteiger partial charge in [0.15, 0.2) is 0 Å². The van der Waals surface area contributed by atoms with Crippen LogP contribution >= 0.6 is 0 Å². The molecule has 4 rings (SSSR count). The van der Waals surface area contributed by atoms with E-state index in [1.54, 1.807) is 12.1 Å². The van der Waals surface area contributed by atoms with Crippen LogP contribution in [0.2, 0.25) is 0 Å². The Bertz CT molecular complexity index is 1140. The molecule has 1 saturated carbocycles. The number of nitrogens with two attached hydrogens (primary N) is 2. The second-order valence-corrected chi connectivity index (χ2v) is 10.2. The monoisotopic (exact) mass is 470 g/mol. The molecular weight excluding hydrogens is 440 g/mol. The highest BCUT2D eigenvalue weighted by Crippen LogP contribution is 2.29. The van der Waals surface area contributed by atoms with E-state index in [2.05, 4.69) is 21.4 Å². The Morgan fingerprint density at radius 1 is 1.15 bits per heavy atom. The van der Waals surface area contributed by atoms with Crippen LogP contribution in [0.3, 0.4) is 0 Å². The summed E-state index contributed by atoms with van der Waals surface area (Å²) in [6.45, 7) is 1.89. The van der Waals surface area contributed by atoms with E-state index in [4.69, 9.17) is 10.9 Å². The lowest BCUT2D eigenvalue weighted by Gasteiger charge is -2.28. The molecule has 0 atom stereocenters. The molecule has 33 heavy (non-hydrogen) atoms. The molecule has 9 nitrogen and oxygen atoms in total. The molecule has 1 amide bonds. The molecule has 1 aromatic heterocycles. The summed E-state index contributed by atoms with van der Waals surface area (Å²) in [4.78, 5) is 23.4. The van der Waals surface area contributed by atoms with Crippen molar-refractivity contribution in [2.75, 3.05) is 30.7 Å². The molecule has 2 aromatic rings. The number of primary sulfonamides is 1. The molecule has 0 bridgehead atoms. The average molecular weight is 471 g/mol. The highest BCUT2D eigenvalue weighted by atomic mass is 32.2. The van der Waals surface area contributed by atoms with E-state index in [-0.39, 0.29) is 22.7 Å². The number of benzene rings is 1. The minimum Gasteiger partial charge on any atom is -0.370 e. The first-order chi connectivity index (χ1) is 15.8. The number of hydrogen-bond acceptors (Lipinski definition) is 7. The first-order valence-corrected chi connectivity index (χ1v) is 12.8. The molecule has 1 aliphatic heterocycles. The third-order valence-corrected chi connectivity index (χ3v) is 7.20. The molecular formula is C23H30N6O3S. The standard InChI is InChI=1S/C23H30N6O3S/c24-23-27-20(17-10-13-29(14-11-17)22(30)18-3-1-2-4-18)15-21(28-23)26-12-9-16-5-7-19(8-6-16)33(25,31)32/h5-8,10,15,18H,1-4,9,11-14H2,(H2,25,31,32)(H3,24,26,27,28). The molecule has 0 spiro atoms. The molecule has 0 unspecified atom stereocenters.